The molecule has 35 heavy (non-hydrogen) atoms. The highest BCUT2D eigenvalue weighted by molar-refractivity contribution is 6.35. The normalized spacial score (nSPS) is 13.3. The van der Waals surface area contributed by atoms with Crippen LogP contribution in [0, 0.1) is 22.7 Å². The smallest absolute Gasteiger partial charge is 0.312 e. The molecule has 2 aromatic rings. The van der Waals surface area contributed by atoms with E-state index < -0.39 is 11.8 Å². The topological polar surface area (TPSA) is 107 Å². The molecule has 0 aliphatic carbocycles. The average Bonchev–Trinajstić information content (AvgIpc) is 2.90. The van der Waals surface area contributed by atoms with Crippen molar-refractivity contribution in [2.24, 2.45) is 0 Å². The third-order valence-corrected chi connectivity index (χ3v) is 5.80. The van der Waals surface area contributed by atoms with Gasteiger partial charge >= 0.3 is 11.8 Å². The molecule has 8 heteroatoms. The maximum absolute atomic E-state index is 12.5. The van der Waals surface area contributed by atoms with Crippen molar-refractivity contribution in [2.45, 2.75) is 32.1 Å². The summed E-state index contributed by atoms with van der Waals surface area (Å²) in [5.74, 6) is 0.572. The highest BCUT2D eigenvalue weighted by Crippen LogP contribution is 2.14. The Labute approximate surface area is 206 Å². The van der Waals surface area contributed by atoms with E-state index in [1.165, 1.54) is 0 Å². The fourth-order valence-corrected chi connectivity index (χ4v) is 3.79. The largest absolute Gasteiger partial charge is 0.494 e. The van der Waals surface area contributed by atoms with Crippen molar-refractivity contribution >= 4 is 11.8 Å². The van der Waals surface area contributed by atoms with Gasteiger partial charge in [0.05, 0.1) is 36.5 Å². The quantitative estimate of drug-likeness (QED) is 0.325. The van der Waals surface area contributed by atoms with Gasteiger partial charge in [0.15, 0.2) is 0 Å². The molecule has 2 amide bonds. The van der Waals surface area contributed by atoms with Crippen LogP contribution in [0.4, 0.5) is 0 Å². The third-order valence-electron chi connectivity index (χ3n) is 5.80. The van der Waals surface area contributed by atoms with Crippen molar-refractivity contribution in [1.82, 2.24) is 9.80 Å². The van der Waals surface area contributed by atoms with E-state index in [1.54, 1.807) is 58.3 Å². The molecule has 1 fully saturated rings. The minimum absolute atomic E-state index is 0.423. The van der Waals surface area contributed by atoms with E-state index >= 15 is 0 Å². The van der Waals surface area contributed by atoms with Crippen LogP contribution >= 0.6 is 0 Å². The molecule has 0 saturated carbocycles. The van der Waals surface area contributed by atoms with Gasteiger partial charge < -0.3 is 19.3 Å². The first-order valence-corrected chi connectivity index (χ1v) is 11.9. The van der Waals surface area contributed by atoms with Crippen LogP contribution < -0.4 is 9.47 Å². The lowest BCUT2D eigenvalue weighted by molar-refractivity contribution is -0.156. The first-order chi connectivity index (χ1) is 17.1. The van der Waals surface area contributed by atoms with Gasteiger partial charge in [0.1, 0.15) is 11.5 Å². The molecule has 0 spiro atoms. The second-order valence-electron chi connectivity index (χ2n) is 8.32. The molecule has 1 saturated heterocycles. The van der Waals surface area contributed by atoms with E-state index in [4.69, 9.17) is 20.0 Å². The van der Waals surface area contributed by atoms with Crippen molar-refractivity contribution in [3.63, 3.8) is 0 Å². The van der Waals surface area contributed by atoms with Gasteiger partial charge in [-0.2, -0.15) is 10.5 Å². The van der Waals surface area contributed by atoms with Crippen molar-refractivity contribution in [1.29, 1.82) is 10.5 Å². The molecule has 1 aliphatic heterocycles. The van der Waals surface area contributed by atoms with Crippen LogP contribution in [0.25, 0.3) is 0 Å². The molecule has 182 valence electrons. The zero-order valence-electron chi connectivity index (χ0n) is 19.8. The molecule has 2 aromatic carbocycles. The van der Waals surface area contributed by atoms with E-state index in [0.717, 1.165) is 31.4 Å². The van der Waals surface area contributed by atoms with Gasteiger partial charge in [0.25, 0.3) is 0 Å². The lowest BCUT2D eigenvalue weighted by Gasteiger charge is -2.33. The second kappa shape index (κ2) is 13.6. The van der Waals surface area contributed by atoms with Gasteiger partial charge in [-0.3, -0.25) is 9.59 Å². The minimum atomic E-state index is -0.439. The number of ether oxygens (including phenoxy) is 2. The van der Waals surface area contributed by atoms with Crippen LogP contribution in [-0.2, 0) is 9.59 Å². The number of benzene rings is 2. The van der Waals surface area contributed by atoms with Crippen molar-refractivity contribution in [3.05, 3.63) is 59.7 Å². The molecular formula is C27H30N4O4. The molecule has 0 radical (unpaired) electrons. The van der Waals surface area contributed by atoms with E-state index in [-0.39, 0.29) is 0 Å². The van der Waals surface area contributed by atoms with Gasteiger partial charge in [-0.1, -0.05) is 12.8 Å². The first-order valence-electron chi connectivity index (χ1n) is 11.9. The lowest BCUT2D eigenvalue weighted by Crippen LogP contribution is -2.54. The molecule has 8 nitrogen and oxygen atoms in total. The molecule has 1 heterocycles. The number of nitrogens with zero attached hydrogens (tertiary/aromatic N) is 4. The zero-order chi connectivity index (χ0) is 24.9. The van der Waals surface area contributed by atoms with Crippen LogP contribution in [0.15, 0.2) is 48.5 Å². The highest BCUT2D eigenvalue weighted by atomic mass is 16.5. The molecule has 0 aromatic heterocycles. The predicted octanol–water partition coefficient (Wildman–Crippen LogP) is 3.51. The van der Waals surface area contributed by atoms with Gasteiger partial charge in [-0.15, -0.1) is 0 Å². The summed E-state index contributed by atoms with van der Waals surface area (Å²) < 4.78 is 11.3. The summed E-state index contributed by atoms with van der Waals surface area (Å²) >= 11 is 0. The Balaban J connectivity index is 1.24. The van der Waals surface area contributed by atoms with E-state index in [2.05, 4.69) is 12.1 Å². The lowest BCUT2D eigenvalue weighted by atomic mass is 10.1. The van der Waals surface area contributed by atoms with Crippen LogP contribution in [0.1, 0.15) is 43.2 Å². The zero-order valence-corrected chi connectivity index (χ0v) is 19.8. The van der Waals surface area contributed by atoms with Gasteiger partial charge in [0.2, 0.25) is 0 Å². The predicted molar refractivity (Wildman–Crippen MR) is 130 cm³/mol. The Kier molecular flexibility index (Phi) is 9.95. The number of hydrogen-bond acceptors (Lipinski definition) is 6. The molecule has 0 unspecified atom stereocenters. The second-order valence-corrected chi connectivity index (χ2v) is 8.32. The van der Waals surface area contributed by atoms with Crippen LogP contribution in [0.3, 0.4) is 0 Å². The van der Waals surface area contributed by atoms with Crippen molar-refractivity contribution in [3.8, 4) is 23.6 Å². The van der Waals surface area contributed by atoms with Gasteiger partial charge in [-0.05, 0) is 67.8 Å². The number of nitriles is 2. The monoisotopic (exact) mass is 474 g/mol. The summed E-state index contributed by atoms with van der Waals surface area (Å²) in [5.41, 5.74) is 1.19. The Morgan fingerprint density at radius 1 is 0.629 bits per heavy atom. The maximum Gasteiger partial charge on any atom is 0.312 e. The van der Waals surface area contributed by atoms with Crippen molar-refractivity contribution in [2.75, 3.05) is 39.4 Å². The van der Waals surface area contributed by atoms with Gasteiger partial charge in [0, 0.05) is 26.2 Å². The standard InChI is InChI=1S/C27H30N4O4/c28-20-22-6-10-24(11-7-22)34-18-4-2-1-3-14-30-16-17-31(27(33)26(30)32)15-5-19-35-25-12-8-23(21-29)9-13-25/h6-13H,1-5,14-19H2. The molecule has 3 rings (SSSR count). The summed E-state index contributed by atoms with van der Waals surface area (Å²) in [6.45, 7) is 3.21. The number of hydrogen-bond donors (Lipinski definition) is 0. The molecule has 0 atom stereocenters. The Hall–Kier alpha value is -4.04. The number of piperazine rings is 1. The fraction of sp³-hybridized carbons (Fsp3) is 0.407. The number of carbonyl (C=O) groups is 2. The summed E-state index contributed by atoms with van der Waals surface area (Å²) in [5, 5.41) is 17.6. The molecule has 0 bridgehead atoms. The molecule has 0 N–H and O–H groups in total. The molecular weight excluding hydrogens is 444 g/mol. The van der Waals surface area contributed by atoms with E-state index in [1.807, 2.05) is 0 Å². The fourth-order valence-electron chi connectivity index (χ4n) is 3.79. The highest BCUT2D eigenvalue weighted by Gasteiger charge is 2.31. The number of carbonyl (C=O) groups excluding carboxylic acids is 2. The van der Waals surface area contributed by atoms with Crippen LogP contribution in [-0.4, -0.2) is 61.0 Å². The number of unbranched alkanes of at least 4 members (excludes halogenated alkanes) is 3. The van der Waals surface area contributed by atoms with Gasteiger partial charge in [-0.25, -0.2) is 0 Å². The summed E-state index contributed by atoms with van der Waals surface area (Å²) in [6, 6.07) is 18.1. The van der Waals surface area contributed by atoms with E-state index in [0.29, 0.717) is 62.7 Å². The van der Waals surface area contributed by atoms with Crippen molar-refractivity contribution < 1.29 is 19.1 Å². The minimum Gasteiger partial charge on any atom is -0.494 e. The number of rotatable bonds is 13. The molecule has 1 aliphatic rings. The summed E-state index contributed by atoms with van der Waals surface area (Å²) in [7, 11) is 0. The SMILES string of the molecule is N#Cc1ccc(OCCCCCCN2CCN(CCCOc3ccc(C#N)cc3)C(=O)C2=O)cc1. The Bertz CT molecular complexity index is 1050. The third kappa shape index (κ3) is 8.04. The average molecular weight is 475 g/mol. The summed E-state index contributed by atoms with van der Waals surface area (Å²) in [6.07, 6.45) is 4.34. The van der Waals surface area contributed by atoms with Crippen LogP contribution in [0.5, 0.6) is 11.5 Å². The maximum atomic E-state index is 12.5. The Morgan fingerprint density at radius 3 is 1.54 bits per heavy atom. The number of amides is 2. The van der Waals surface area contributed by atoms with E-state index in [9.17, 15) is 9.59 Å². The summed E-state index contributed by atoms with van der Waals surface area (Å²) in [4.78, 5) is 28.2. The first kappa shape index (κ1) is 25.6. The van der Waals surface area contributed by atoms with Crippen LogP contribution in [0.2, 0.25) is 0 Å². The Morgan fingerprint density at radius 2 is 1.06 bits per heavy atom.